The summed E-state index contributed by atoms with van der Waals surface area (Å²) in [7, 11) is 1.88. The second kappa shape index (κ2) is 6.65. The van der Waals surface area contributed by atoms with Gasteiger partial charge in [-0.25, -0.2) is 4.98 Å². The van der Waals surface area contributed by atoms with Gasteiger partial charge < -0.3 is 9.09 Å². The molecule has 1 atom stereocenters. The Bertz CT molecular complexity index is 1070. The summed E-state index contributed by atoms with van der Waals surface area (Å²) in [5.41, 5.74) is 2.80. The van der Waals surface area contributed by atoms with Crippen molar-refractivity contribution in [1.29, 1.82) is 0 Å². The number of nitrogens with zero attached hydrogens (tertiary/aromatic N) is 6. The molecular weight excluding hydrogens is 368 g/mol. The lowest BCUT2D eigenvalue weighted by molar-refractivity contribution is 0.423. The van der Waals surface area contributed by atoms with Crippen LogP contribution < -0.4 is 0 Å². The molecule has 26 heavy (non-hydrogen) atoms. The Kier molecular flexibility index (Phi) is 4.33. The Morgan fingerprint density at radius 3 is 2.77 bits per heavy atom. The van der Waals surface area contributed by atoms with Crippen molar-refractivity contribution in [1.82, 2.24) is 29.9 Å². The third kappa shape index (κ3) is 3.04. The fourth-order valence-corrected chi connectivity index (χ4v) is 3.55. The number of thiazole rings is 1. The third-order valence-corrected chi connectivity index (χ3v) is 5.19. The quantitative estimate of drug-likeness (QED) is 0.541. The molecule has 0 saturated heterocycles. The van der Waals surface area contributed by atoms with Crippen molar-refractivity contribution < 1.29 is 4.52 Å². The second-order valence-corrected chi connectivity index (χ2v) is 7.50. The minimum Gasteiger partial charge on any atom is -0.334 e. The van der Waals surface area contributed by atoms with Crippen LogP contribution in [0.2, 0.25) is 0 Å². The van der Waals surface area contributed by atoms with Crippen LogP contribution in [0, 0.1) is 13.8 Å². The molecule has 3 aromatic heterocycles. The first-order chi connectivity index (χ1) is 12.5. The van der Waals surface area contributed by atoms with Crippen LogP contribution in [0.15, 0.2) is 34.2 Å². The Morgan fingerprint density at radius 2 is 2.04 bits per heavy atom. The van der Waals surface area contributed by atoms with Crippen molar-refractivity contribution in [3.63, 3.8) is 0 Å². The minimum atomic E-state index is -0.455. The highest BCUT2D eigenvalue weighted by atomic mass is 32.1. The normalized spacial score (nSPS) is 12.5. The lowest BCUT2D eigenvalue weighted by atomic mass is 10.1. The monoisotopic (exact) mass is 384 g/mol. The van der Waals surface area contributed by atoms with Crippen LogP contribution >= 0.6 is 24.0 Å². The van der Waals surface area contributed by atoms with Gasteiger partial charge in [-0.15, -0.1) is 21.5 Å². The zero-order chi connectivity index (χ0) is 18.3. The maximum Gasteiger partial charge on any atom is 0.257 e. The van der Waals surface area contributed by atoms with E-state index in [0.29, 0.717) is 23.4 Å². The molecule has 4 rings (SSSR count). The van der Waals surface area contributed by atoms with Crippen molar-refractivity contribution >= 4 is 24.0 Å². The number of hydrogen-bond acceptors (Lipinski definition) is 8. The molecule has 7 nitrogen and oxygen atoms in total. The van der Waals surface area contributed by atoms with Crippen LogP contribution in [0.25, 0.3) is 23.0 Å². The largest absolute Gasteiger partial charge is 0.334 e. The maximum atomic E-state index is 5.40. The predicted octanol–water partition coefficient (Wildman–Crippen LogP) is 3.62. The standard InChI is InChI=1S/C17H16N6OS2/c1-9-5-4-6-11(7-9)17-19-14(22-24-17)13(25)16-21-20-15(23(16)3)12-8-26-10(2)18-12/h4-8,13,25H,1-3H3. The first-order valence-electron chi connectivity index (χ1n) is 7.93. The van der Waals surface area contributed by atoms with Gasteiger partial charge in [-0.05, 0) is 26.0 Å². The van der Waals surface area contributed by atoms with E-state index in [1.807, 2.05) is 55.1 Å². The highest BCUT2D eigenvalue weighted by molar-refractivity contribution is 7.80. The molecule has 0 fully saturated rings. The molecule has 0 amide bonds. The molecule has 0 spiro atoms. The van der Waals surface area contributed by atoms with Gasteiger partial charge in [-0.3, -0.25) is 0 Å². The SMILES string of the molecule is Cc1cccc(-c2nc(C(S)c3nnc(-c4csc(C)n4)n3C)no2)c1. The molecule has 0 radical (unpaired) electrons. The zero-order valence-electron chi connectivity index (χ0n) is 14.4. The van der Waals surface area contributed by atoms with Gasteiger partial charge in [0.25, 0.3) is 5.89 Å². The molecule has 9 heteroatoms. The highest BCUT2D eigenvalue weighted by Gasteiger charge is 2.24. The average molecular weight is 384 g/mol. The summed E-state index contributed by atoms with van der Waals surface area (Å²) < 4.78 is 7.26. The molecule has 3 heterocycles. The van der Waals surface area contributed by atoms with Gasteiger partial charge in [0.2, 0.25) is 0 Å². The molecule has 0 N–H and O–H groups in total. The lowest BCUT2D eigenvalue weighted by Gasteiger charge is -2.06. The fourth-order valence-electron chi connectivity index (χ4n) is 2.63. The highest BCUT2D eigenvalue weighted by Crippen LogP contribution is 2.29. The maximum absolute atomic E-state index is 5.40. The smallest absolute Gasteiger partial charge is 0.257 e. The number of aryl methyl sites for hydroxylation is 2. The second-order valence-electron chi connectivity index (χ2n) is 5.92. The molecule has 0 aliphatic heterocycles. The van der Waals surface area contributed by atoms with E-state index in [1.165, 1.54) is 0 Å². The summed E-state index contributed by atoms with van der Waals surface area (Å²) in [6.45, 7) is 3.97. The van der Waals surface area contributed by atoms with E-state index in [4.69, 9.17) is 4.52 Å². The molecule has 0 aliphatic carbocycles. The Morgan fingerprint density at radius 1 is 1.19 bits per heavy atom. The number of rotatable bonds is 4. The minimum absolute atomic E-state index is 0.446. The number of aromatic nitrogens is 6. The molecule has 1 unspecified atom stereocenters. The number of thiol groups is 1. The van der Waals surface area contributed by atoms with Gasteiger partial charge >= 0.3 is 0 Å². The van der Waals surface area contributed by atoms with Crippen LogP contribution in [-0.2, 0) is 7.05 Å². The zero-order valence-corrected chi connectivity index (χ0v) is 16.1. The van der Waals surface area contributed by atoms with Crippen molar-refractivity contribution in [2.24, 2.45) is 7.05 Å². The summed E-state index contributed by atoms with van der Waals surface area (Å²) in [6.07, 6.45) is 0. The Hall–Kier alpha value is -2.52. The Labute approximate surface area is 159 Å². The van der Waals surface area contributed by atoms with Crippen LogP contribution in [0.1, 0.15) is 27.5 Å². The third-order valence-electron chi connectivity index (χ3n) is 3.95. The van der Waals surface area contributed by atoms with Crippen LogP contribution in [0.3, 0.4) is 0 Å². The molecule has 4 aromatic rings. The molecule has 0 bridgehead atoms. The lowest BCUT2D eigenvalue weighted by Crippen LogP contribution is -2.05. The predicted molar refractivity (Wildman–Crippen MR) is 102 cm³/mol. The van der Waals surface area contributed by atoms with Crippen molar-refractivity contribution in [3.8, 4) is 23.0 Å². The van der Waals surface area contributed by atoms with E-state index < -0.39 is 5.25 Å². The molecular formula is C17H16N6OS2. The molecule has 132 valence electrons. The molecule has 0 saturated carbocycles. The van der Waals surface area contributed by atoms with Crippen molar-refractivity contribution in [2.45, 2.75) is 19.1 Å². The summed E-state index contributed by atoms with van der Waals surface area (Å²) in [4.78, 5) is 8.94. The van der Waals surface area contributed by atoms with Crippen LogP contribution in [0.5, 0.6) is 0 Å². The first-order valence-corrected chi connectivity index (χ1v) is 9.33. The summed E-state index contributed by atoms with van der Waals surface area (Å²) >= 11 is 6.20. The van der Waals surface area contributed by atoms with Gasteiger partial charge in [0.05, 0.1) is 5.01 Å². The van der Waals surface area contributed by atoms with Crippen molar-refractivity contribution in [3.05, 3.63) is 51.9 Å². The van der Waals surface area contributed by atoms with Gasteiger partial charge in [0.15, 0.2) is 17.5 Å². The van der Waals surface area contributed by atoms with E-state index in [0.717, 1.165) is 21.8 Å². The van der Waals surface area contributed by atoms with Gasteiger partial charge in [-0.2, -0.15) is 17.6 Å². The van der Waals surface area contributed by atoms with Gasteiger partial charge in [0, 0.05) is 18.0 Å². The molecule has 0 aliphatic rings. The summed E-state index contributed by atoms with van der Waals surface area (Å²) in [5, 5.41) is 15.0. The fraction of sp³-hybridized carbons (Fsp3) is 0.235. The molecule has 1 aromatic carbocycles. The average Bonchev–Trinajstić information content (AvgIpc) is 3.34. The van der Waals surface area contributed by atoms with Gasteiger partial charge in [0.1, 0.15) is 10.9 Å². The first kappa shape index (κ1) is 16.9. The van der Waals surface area contributed by atoms with E-state index in [2.05, 4.69) is 38.0 Å². The summed E-state index contributed by atoms with van der Waals surface area (Å²) in [5.74, 6) is 2.22. The van der Waals surface area contributed by atoms with E-state index in [1.54, 1.807) is 11.3 Å². The topological polar surface area (TPSA) is 82.5 Å². The summed E-state index contributed by atoms with van der Waals surface area (Å²) in [6, 6.07) is 7.90. The van der Waals surface area contributed by atoms with Crippen LogP contribution in [-0.4, -0.2) is 29.9 Å². The number of benzene rings is 1. The Balaban J connectivity index is 1.65. The van der Waals surface area contributed by atoms with E-state index >= 15 is 0 Å². The number of hydrogen-bond donors (Lipinski definition) is 1. The van der Waals surface area contributed by atoms with Crippen LogP contribution in [0.4, 0.5) is 0 Å². The van der Waals surface area contributed by atoms with E-state index in [-0.39, 0.29) is 0 Å². The van der Waals surface area contributed by atoms with Crippen molar-refractivity contribution in [2.75, 3.05) is 0 Å². The van der Waals surface area contributed by atoms with E-state index in [9.17, 15) is 0 Å². The van der Waals surface area contributed by atoms with Gasteiger partial charge in [-0.1, -0.05) is 22.9 Å².